The Kier molecular flexibility index (Phi) is 9.10. The lowest BCUT2D eigenvalue weighted by atomic mass is 10.0. The van der Waals surface area contributed by atoms with Crippen LogP contribution in [0.1, 0.15) is 31.9 Å². The van der Waals surface area contributed by atoms with Crippen molar-refractivity contribution < 1.29 is 4.74 Å². The molecule has 0 aliphatic rings. The highest BCUT2D eigenvalue weighted by Crippen LogP contribution is 2.21. The maximum Gasteiger partial charge on any atom is 0.0593 e. The van der Waals surface area contributed by atoms with Gasteiger partial charge in [-0.05, 0) is 51.2 Å². The first-order chi connectivity index (χ1) is 9.67. The number of rotatable bonds is 10. The van der Waals surface area contributed by atoms with Crippen LogP contribution in [0.5, 0.6) is 0 Å². The Balaban J connectivity index is 2.46. The summed E-state index contributed by atoms with van der Waals surface area (Å²) in [7, 11) is 2.16. The van der Waals surface area contributed by atoms with Crippen molar-refractivity contribution in [3.05, 3.63) is 34.3 Å². The van der Waals surface area contributed by atoms with Crippen molar-refractivity contribution >= 4 is 15.9 Å². The van der Waals surface area contributed by atoms with Gasteiger partial charge in [0.05, 0.1) is 6.61 Å². The van der Waals surface area contributed by atoms with Gasteiger partial charge >= 0.3 is 0 Å². The SMILES string of the molecule is CCNC(CCN(C)CCOCC)c1cccc(Br)c1. The molecule has 1 N–H and O–H groups in total. The van der Waals surface area contributed by atoms with E-state index in [1.807, 2.05) is 6.92 Å². The number of nitrogens with one attached hydrogen (secondary N) is 1. The van der Waals surface area contributed by atoms with Crippen molar-refractivity contribution in [3.8, 4) is 0 Å². The lowest BCUT2D eigenvalue weighted by Gasteiger charge is -2.23. The fourth-order valence-electron chi connectivity index (χ4n) is 2.18. The highest BCUT2D eigenvalue weighted by Gasteiger charge is 2.11. The minimum absolute atomic E-state index is 0.409. The van der Waals surface area contributed by atoms with Crippen molar-refractivity contribution in [1.29, 1.82) is 0 Å². The van der Waals surface area contributed by atoms with Gasteiger partial charge in [-0.25, -0.2) is 0 Å². The lowest BCUT2D eigenvalue weighted by molar-refractivity contribution is 0.121. The van der Waals surface area contributed by atoms with Crippen LogP contribution < -0.4 is 5.32 Å². The molecule has 20 heavy (non-hydrogen) atoms. The van der Waals surface area contributed by atoms with Crippen LogP contribution in [-0.2, 0) is 4.74 Å². The van der Waals surface area contributed by atoms with E-state index in [2.05, 4.69) is 64.4 Å². The maximum atomic E-state index is 5.40. The van der Waals surface area contributed by atoms with Crippen molar-refractivity contribution in [2.45, 2.75) is 26.3 Å². The van der Waals surface area contributed by atoms with Gasteiger partial charge in [-0.2, -0.15) is 0 Å². The first-order valence-electron chi connectivity index (χ1n) is 7.42. The molecule has 4 heteroatoms. The molecule has 1 rings (SSSR count). The second-order valence-electron chi connectivity index (χ2n) is 4.95. The van der Waals surface area contributed by atoms with Crippen LogP contribution in [0.4, 0.5) is 0 Å². The minimum atomic E-state index is 0.409. The predicted molar refractivity (Wildman–Crippen MR) is 89.2 cm³/mol. The van der Waals surface area contributed by atoms with Gasteiger partial charge in [-0.3, -0.25) is 0 Å². The van der Waals surface area contributed by atoms with E-state index in [0.29, 0.717) is 6.04 Å². The lowest BCUT2D eigenvalue weighted by Crippen LogP contribution is -2.29. The van der Waals surface area contributed by atoms with Crippen LogP contribution in [0.3, 0.4) is 0 Å². The third-order valence-corrected chi connectivity index (χ3v) is 3.82. The molecule has 0 heterocycles. The average molecular weight is 343 g/mol. The molecule has 1 aromatic rings. The number of ether oxygens (including phenoxy) is 1. The van der Waals surface area contributed by atoms with E-state index in [1.54, 1.807) is 0 Å². The number of likely N-dealkylation sites (N-methyl/N-ethyl adjacent to an activating group) is 1. The van der Waals surface area contributed by atoms with E-state index in [-0.39, 0.29) is 0 Å². The van der Waals surface area contributed by atoms with Gasteiger partial charge in [0.15, 0.2) is 0 Å². The van der Waals surface area contributed by atoms with Crippen LogP contribution in [0.2, 0.25) is 0 Å². The molecule has 3 nitrogen and oxygen atoms in total. The second kappa shape index (κ2) is 10.3. The minimum Gasteiger partial charge on any atom is -0.380 e. The highest BCUT2D eigenvalue weighted by atomic mass is 79.9. The van der Waals surface area contributed by atoms with Crippen molar-refractivity contribution in [2.75, 3.05) is 39.9 Å². The quantitative estimate of drug-likeness (QED) is 0.659. The summed E-state index contributed by atoms with van der Waals surface area (Å²) in [5, 5.41) is 3.57. The Morgan fingerprint density at radius 2 is 2.10 bits per heavy atom. The van der Waals surface area contributed by atoms with Gasteiger partial charge in [0, 0.05) is 23.7 Å². The summed E-state index contributed by atoms with van der Waals surface area (Å²) in [6.45, 7) is 8.85. The summed E-state index contributed by atoms with van der Waals surface area (Å²) in [5.41, 5.74) is 1.35. The first kappa shape index (κ1) is 17.6. The normalized spacial score (nSPS) is 12.8. The first-order valence-corrected chi connectivity index (χ1v) is 8.21. The topological polar surface area (TPSA) is 24.5 Å². The number of halogens is 1. The Hall–Kier alpha value is -0.420. The molecule has 0 fully saturated rings. The third kappa shape index (κ3) is 6.84. The van der Waals surface area contributed by atoms with Crippen LogP contribution in [0, 0.1) is 0 Å². The largest absolute Gasteiger partial charge is 0.380 e. The van der Waals surface area contributed by atoms with E-state index >= 15 is 0 Å². The molecule has 0 saturated carbocycles. The Bertz CT molecular complexity index is 373. The third-order valence-electron chi connectivity index (χ3n) is 3.32. The van der Waals surface area contributed by atoms with Gasteiger partial charge in [0.2, 0.25) is 0 Å². The average Bonchev–Trinajstić information content (AvgIpc) is 2.43. The van der Waals surface area contributed by atoms with Crippen LogP contribution >= 0.6 is 15.9 Å². The standard InChI is InChI=1S/C16H27BrN2O/c1-4-18-16(14-7-6-8-15(17)13-14)9-10-19(3)11-12-20-5-2/h6-8,13,16,18H,4-5,9-12H2,1-3H3. The molecule has 114 valence electrons. The number of hydrogen-bond donors (Lipinski definition) is 1. The number of benzene rings is 1. The molecule has 1 atom stereocenters. The molecule has 0 amide bonds. The number of nitrogens with zero attached hydrogens (tertiary/aromatic N) is 1. The van der Waals surface area contributed by atoms with Crippen molar-refractivity contribution in [1.82, 2.24) is 10.2 Å². The van der Waals surface area contributed by atoms with Crippen molar-refractivity contribution in [2.24, 2.45) is 0 Å². The summed E-state index contributed by atoms with van der Waals surface area (Å²) in [6, 6.07) is 8.97. The van der Waals surface area contributed by atoms with Crippen LogP contribution in [0.25, 0.3) is 0 Å². The fourth-order valence-corrected chi connectivity index (χ4v) is 2.60. The number of hydrogen-bond acceptors (Lipinski definition) is 3. The Morgan fingerprint density at radius 3 is 2.75 bits per heavy atom. The summed E-state index contributed by atoms with van der Waals surface area (Å²) in [5.74, 6) is 0. The predicted octanol–water partition coefficient (Wildman–Crippen LogP) is 3.46. The molecular formula is C16H27BrN2O. The molecule has 0 aliphatic carbocycles. The van der Waals surface area contributed by atoms with Gasteiger partial charge in [0.25, 0.3) is 0 Å². The highest BCUT2D eigenvalue weighted by molar-refractivity contribution is 9.10. The molecule has 0 saturated heterocycles. The monoisotopic (exact) mass is 342 g/mol. The zero-order chi connectivity index (χ0) is 14.8. The Morgan fingerprint density at radius 1 is 1.30 bits per heavy atom. The van der Waals surface area contributed by atoms with Crippen molar-refractivity contribution in [3.63, 3.8) is 0 Å². The smallest absolute Gasteiger partial charge is 0.0593 e. The Labute approximate surface area is 131 Å². The maximum absolute atomic E-state index is 5.40. The molecule has 1 unspecified atom stereocenters. The van der Waals surface area contributed by atoms with E-state index in [9.17, 15) is 0 Å². The molecule has 1 aromatic carbocycles. The molecule has 0 aromatic heterocycles. The van der Waals surface area contributed by atoms with E-state index in [0.717, 1.165) is 43.7 Å². The summed E-state index contributed by atoms with van der Waals surface area (Å²) in [4.78, 5) is 2.33. The summed E-state index contributed by atoms with van der Waals surface area (Å²) < 4.78 is 6.54. The van der Waals surface area contributed by atoms with Gasteiger partial charge in [-0.15, -0.1) is 0 Å². The molecule has 0 bridgehead atoms. The summed E-state index contributed by atoms with van der Waals surface area (Å²) in [6.07, 6.45) is 1.10. The van der Waals surface area contributed by atoms with Gasteiger partial charge in [-0.1, -0.05) is 35.0 Å². The van der Waals surface area contributed by atoms with Crippen LogP contribution in [-0.4, -0.2) is 44.8 Å². The molecule has 0 aliphatic heterocycles. The second-order valence-corrected chi connectivity index (χ2v) is 5.87. The summed E-state index contributed by atoms with van der Waals surface area (Å²) >= 11 is 3.55. The molecule has 0 spiro atoms. The van der Waals surface area contributed by atoms with Gasteiger partial charge in [0.1, 0.15) is 0 Å². The zero-order valence-corrected chi connectivity index (χ0v) is 14.4. The molecular weight excluding hydrogens is 316 g/mol. The van der Waals surface area contributed by atoms with Gasteiger partial charge < -0.3 is 15.0 Å². The van der Waals surface area contributed by atoms with E-state index in [1.165, 1.54) is 5.56 Å². The molecule has 0 radical (unpaired) electrons. The van der Waals surface area contributed by atoms with E-state index < -0.39 is 0 Å². The zero-order valence-electron chi connectivity index (χ0n) is 12.9. The van der Waals surface area contributed by atoms with E-state index in [4.69, 9.17) is 4.74 Å². The fraction of sp³-hybridized carbons (Fsp3) is 0.625. The van der Waals surface area contributed by atoms with Crippen LogP contribution in [0.15, 0.2) is 28.7 Å².